The predicted molar refractivity (Wildman–Crippen MR) is 140 cm³/mol. The summed E-state index contributed by atoms with van der Waals surface area (Å²) in [6.45, 7) is 3.38. The molecule has 1 N–H and O–H groups in total. The number of carbonyl (C=O) groups excluding carboxylic acids is 3. The number of likely N-dealkylation sites (tertiary alicyclic amines) is 1. The van der Waals surface area contributed by atoms with Crippen molar-refractivity contribution in [3.63, 3.8) is 0 Å². The number of rotatable bonds is 7. The van der Waals surface area contributed by atoms with Crippen LogP contribution < -0.4 is 10.1 Å². The first-order valence-corrected chi connectivity index (χ1v) is 13.4. The van der Waals surface area contributed by atoms with Crippen molar-refractivity contribution in [2.45, 2.75) is 44.3 Å². The Kier molecular flexibility index (Phi) is 7.93. The molecule has 0 radical (unpaired) electrons. The highest BCUT2D eigenvalue weighted by Crippen LogP contribution is 2.35. The second-order valence-corrected chi connectivity index (χ2v) is 10.4. The largest absolute Gasteiger partial charge is 0.497 e. The second kappa shape index (κ2) is 11.5. The zero-order valence-corrected chi connectivity index (χ0v) is 21.8. The smallest absolute Gasteiger partial charge is 0.254 e. The minimum Gasteiger partial charge on any atom is -0.497 e. The normalized spacial score (nSPS) is 21.6. The Labute approximate surface area is 222 Å². The molecule has 38 heavy (non-hydrogen) atoms. The highest BCUT2D eigenvalue weighted by molar-refractivity contribution is 5.98. The van der Waals surface area contributed by atoms with Crippen molar-refractivity contribution in [3.8, 4) is 5.75 Å². The molecule has 0 spiro atoms. The summed E-state index contributed by atoms with van der Waals surface area (Å²) in [7, 11) is 1.61. The lowest BCUT2D eigenvalue weighted by molar-refractivity contribution is -0.137. The van der Waals surface area contributed by atoms with Crippen LogP contribution in [0.3, 0.4) is 0 Å². The van der Waals surface area contributed by atoms with Crippen molar-refractivity contribution < 1.29 is 23.5 Å². The van der Waals surface area contributed by atoms with E-state index in [1.54, 1.807) is 12.0 Å². The molecule has 2 unspecified atom stereocenters. The fourth-order valence-corrected chi connectivity index (χ4v) is 5.45. The number of amides is 3. The number of methoxy groups -OCH3 is 1. The van der Waals surface area contributed by atoms with E-state index in [0.717, 1.165) is 31.4 Å². The van der Waals surface area contributed by atoms with Crippen LogP contribution in [0.1, 0.15) is 41.6 Å². The number of benzene rings is 2. The summed E-state index contributed by atoms with van der Waals surface area (Å²) < 4.78 is 18.9. The molecule has 3 aliphatic rings. The van der Waals surface area contributed by atoms with E-state index >= 15 is 0 Å². The van der Waals surface area contributed by atoms with Gasteiger partial charge in [0.15, 0.2) is 0 Å². The average molecular weight is 523 g/mol. The van der Waals surface area contributed by atoms with E-state index in [0.29, 0.717) is 43.9 Å². The summed E-state index contributed by atoms with van der Waals surface area (Å²) in [4.78, 5) is 46.2. The Bertz CT molecular complexity index is 1160. The Morgan fingerprint density at radius 2 is 1.87 bits per heavy atom. The van der Waals surface area contributed by atoms with Crippen molar-refractivity contribution in [2.75, 3.05) is 39.8 Å². The van der Waals surface area contributed by atoms with E-state index in [1.807, 2.05) is 34.1 Å². The topological polar surface area (TPSA) is 82.2 Å². The van der Waals surface area contributed by atoms with E-state index in [4.69, 9.17) is 4.74 Å². The molecule has 9 heteroatoms. The van der Waals surface area contributed by atoms with Gasteiger partial charge in [-0.1, -0.05) is 12.1 Å². The first kappa shape index (κ1) is 26.2. The number of carbonyl (C=O) groups is 3. The summed E-state index contributed by atoms with van der Waals surface area (Å²) in [5, 5.41) is 3.31. The molecule has 202 valence electrons. The molecule has 2 aliphatic heterocycles. The minimum absolute atomic E-state index is 0.00621. The fraction of sp³-hybridized carbons (Fsp3) is 0.483. The lowest BCUT2D eigenvalue weighted by Gasteiger charge is -2.29. The molecular formula is C29H35FN4O4. The average Bonchev–Trinajstić information content (AvgIpc) is 3.74. The minimum atomic E-state index is -0.685. The monoisotopic (exact) mass is 522 g/mol. The molecule has 5 rings (SSSR count). The quantitative estimate of drug-likeness (QED) is 0.605. The van der Waals surface area contributed by atoms with Gasteiger partial charge >= 0.3 is 0 Å². The van der Waals surface area contributed by atoms with Crippen molar-refractivity contribution in [1.29, 1.82) is 0 Å². The number of nitrogens with zero attached hydrogens (tertiary/aromatic N) is 3. The van der Waals surface area contributed by atoms with E-state index in [-0.39, 0.29) is 36.2 Å². The van der Waals surface area contributed by atoms with Gasteiger partial charge in [0.05, 0.1) is 13.2 Å². The van der Waals surface area contributed by atoms with E-state index in [9.17, 15) is 18.8 Å². The zero-order valence-electron chi connectivity index (χ0n) is 21.8. The maximum absolute atomic E-state index is 13.8. The summed E-state index contributed by atoms with van der Waals surface area (Å²) in [6, 6.07) is 12.0. The van der Waals surface area contributed by atoms with Gasteiger partial charge in [0.2, 0.25) is 11.8 Å². The molecule has 2 aromatic carbocycles. The number of hydrogen-bond acceptors (Lipinski definition) is 5. The maximum Gasteiger partial charge on any atom is 0.254 e. The zero-order chi connectivity index (χ0) is 26.6. The number of nitrogens with one attached hydrogen (secondary N) is 1. The molecule has 2 atom stereocenters. The van der Waals surface area contributed by atoms with Crippen molar-refractivity contribution in [2.24, 2.45) is 5.92 Å². The number of hydrogen-bond donors (Lipinski definition) is 1. The molecular weight excluding hydrogens is 487 g/mol. The van der Waals surface area contributed by atoms with Crippen LogP contribution in [0.25, 0.3) is 0 Å². The molecule has 0 bridgehead atoms. The Hall–Kier alpha value is -3.46. The van der Waals surface area contributed by atoms with Gasteiger partial charge in [-0.15, -0.1) is 0 Å². The van der Waals surface area contributed by atoms with Gasteiger partial charge in [-0.25, -0.2) is 4.39 Å². The van der Waals surface area contributed by atoms with Crippen LogP contribution in [-0.2, 0) is 16.1 Å². The lowest BCUT2D eigenvalue weighted by Crippen LogP contribution is -2.48. The van der Waals surface area contributed by atoms with E-state index in [1.165, 1.54) is 24.3 Å². The van der Waals surface area contributed by atoms with Crippen LogP contribution in [-0.4, -0.2) is 84.3 Å². The molecule has 3 amide bonds. The Morgan fingerprint density at radius 3 is 2.61 bits per heavy atom. The fourth-order valence-electron chi connectivity index (χ4n) is 5.45. The van der Waals surface area contributed by atoms with Gasteiger partial charge < -0.3 is 24.8 Å². The highest BCUT2D eigenvalue weighted by Gasteiger charge is 2.46. The summed E-state index contributed by atoms with van der Waals surface area (Å²) in [5.74, 6) is -0.0630. The highest BCUT2D eigenvalue weighted by atomic mass is 19.1. The number of halogens is 1. The second-order valence-electron chi connectivity index (χ2n) is 10.4. The Balaban J connectivity index is 1.44. The van der Waals surface area contributed by atoms with E-state index in [2.05, 4.69) is 5.32 Å². The lowest BCUT2D eigenvalue weighted by atomic mass is 10.1. The third-order valence-electron chi connectivity index (χ3n) is 7.71. The molecule has 2 saturated heterocycles. The van der Waals surface area contributed by atoms with Gasteiger partial charge in [0, 0.05) is 44.2 Å². The van der Waals surface area contributed by atoms with Gasteiger partial charge in [-0.3, -0.25) is 14.4 Å². The Morgan fingerprint density at radius 1 is 1.08 bits per heavy atom. The molecule has 3 fully saturated rings. The van der Waals surface area contributed by atoms with Gasteiger partial charge in [0.1, 0.15) is 17.6 Å². The molecule has 2 heterocycles. The van der Waals surface area contributed by atoms with Crippen molar-refractivity contribution in [3.05, 3.63) is 65.5 Å². The SMILES string of the molecule is COc1cccc(CN(C(=O)C2CC2)C2CC(C(=O)N3CCCNCC3)N(C(=O)c3ccc(F)cc3)C2)c1. The predicted octanol–water partition coefficient (Wildman–Crippen LogP) is 2.68. The van der Waals surface area contributed by atoms with Crippen LogP contribution in [0.2, 0.25) is 0 Å². The van der Waals surface area contributed by atoms with Gasteiger partial charge in [-0.05, 0) is 74.2 Å². The van der Waals surface area contributed by atoms with Crippen molar-refractivity contribution >= 4 is 17.7 Å². The first-order valence-electron chi connectivity index (χ1n) is 13.4. The summed E-state index contributed by atoms with van der Waals surface area (Å²) >= 11 is 0. The first-order chi connectivity index (χ1) is 18.4. The standard InChI is InChI=1S/C29H35FN4O4/c1-38-25-5-2-4-20(16-25)18-33(27(35)21-6-7-21)24-17-26(29(37)32-14-3-12-31-13-15-32)34(19-24)28(36)22-8-10-23(30)11-9-22/h2,4-5,8-11,16,21,24,26,31H,3,6-7,12-15,17-19H2,1H3. The van der Waals surface area contributed by atoms with Crippen LogP contribution in [0.4, 0.5) is 4.39 Å². The summed E-state index contributed by atoms with van der Waals surface area (Å²) in [6.07, 6.45) is 2.94. The van der Waals surface area contributed by atoms with Crippen LogP contribution in [0, 0.1) is 11.7 Å². The van der Waals surface area contributed by atoms with Crippen molar-refractivity contribution in [1.82, 2.24) is 20.0 Å². The van der Waals surface area contributed by atoms with Crippen LogP contribution >= 0.6 is 0 Å². The molecule has 2 aromatic rings. The molecule has 0 aromatic heterocycles. The molecule has 1 saturated carbocycles. The summed E-state index contributed by atoms with van der Waals surface area (Å²) in [5.41, 5.74) is 1.26. The maximum atomic E-state index is 13.8. The van der Waals surface area contributed by atoms with Gasteiger partial charge in [0.25, 0.3) is 5.91 Å². The van der Waals surface area contributed by atoms with Crippen LogP contribution in [0.15, 0.2) is 48.5 Å². The van der Waals surface area contributed by atoms with E-state index < -0.39 is 11.9 Å². The molecule has 8 nitrogen and oxygen atoms in total. The molecule has 1 aliphatic carbocycles. The third-order valence-corrected chi connectivity index (χ3v) is 7.71. The van der Waals surface area contributed by atoms with Crippen LogP contribution in [0.5, 0.6) is 5.75 Å². The number of ether oxygens (including phenoxy) is 1. The third kappa shape index (κ3) is 5.83. The van der Waals surface area contributed by atoms with Gasteiger partial charge in [-0.2, -0.15) is 0 Å².